The van der Waals surface area contributed by atoms with Crippen molar-refractivity contribution < 1.29 is 13.6 Å². The van der Waals surface area contributed by atoms with Crippen LogP contribution in [0.3, 0.4) is 0 Å². The van der Waals surface area contributed by atoms with Crippen LogP contribution in [-0.2, 0) is 0 Å². The van der Waals surface area contributed by atoms with Crippen molar-refractivity contribution in [2.24, 2.45) is 0 Å². The Morgan fingerprint density at radius 2 is 1.77 bits per heavy atom. The van der Waals surface area contributed by atoms with Crippen LogP contribution >= 0.6 is 0 Å². The third-order valence-corrected chi connectivity index (χ3v) is 4.71. The summed E-state index contributed by atoms with van der Waals surface area (Å²) in [5.74, 6) is -1.71. The van der Waals surface area contributed by atoms with Crippen molar-refractivity contribution >= 4 is 28.2 Å². The van der Waals surface area contributed by atoms with Crippen LogP contribution in [0.25, 0.3) is 22.2 Å². The SMILES string of the molecule is CCNC(=O)c1ccc(Nc2cc(-c3c(F)cccc3F)nc3cc[nH]c(=O)c23)cc1. The molecule has 156 valence electrons. The topological polar surface area (TPSA) is 86.9 Å². The van der Waals surface area contributed by atoms with Crippen molar-refractivity contribution in [3.63, 3.8) is 0 Å². The van der Waals surface area contributed by atoms with Crippen LogP contribution in [0.5, 0.6) is 0 Å². The molecule has 4 aromatic rings. The average Bonchev–Trinajstić information content (AvgIpc) is 2.74. The highest BCUT2D eigenvalue weighted by atomic mass is 19.1. The second-order valence-electron chi connectivity index (χ2n) is 6.78. The van der Waals surface area contributed by atoms with E-state index in [1.165, 1.54) is 18.3 Å². The predicted octanol–water partition coefficient (Wildman–Crippen LogP) is 4.36. The van der Waals surface area contributed by atoms with E-state index >= 15 is 0 Å². The molecule has 0 fully saturated rings. The van der Waals surface area contributed by atoms with E-state index < -0.39 is 17.2 Å². The van der Waals surface area contributed by atoms with Crippen LogP contribution in [0.15, 0.2) is 65.6 Å². The summed E-state index contributed by atoms with van der Waals surface area (Å²) in [6.07, 6.45) is 1.42. The zero-order valence-corrected chi connectivity index (χ0v) is 16.5. The molecule has 0 bridgehead atoms. The number of amides is 1. The first-order valence-corrected chi connectivity index (χ1v) is 9.60. The Hall–Kier alpha value is -4.07. The number of nitrogens with zero attached hydrogens (tertiary/aromatic N) is 1. The molecule has 0 aliphatic rings. The number of carbonyl (C=O) groups is 1. The zero-order valence-electron chi connectivity index (χ0n) is 16.5. The molecule has 2 heterocycles. The molecule has 0 aliphatic heterocycles. The minimum absolute atomic E-state index is 0.0511. The van der Waals surface area contributed by atoms with E-state index in [1.807, 2.05) is 6.92 Å². The third-order valence-electron chi connectivity index (χ3n) is 4.71. The van der Waals surface area contributed by atoms with Gasteiger partial charge in [0.25, 0.3) is 11.5 Å². The zero-order chi connectivity index (χ0) is 22.0. The number of benzene rings is 2. The van der Waals surface area contributed by atoms with Gasteiger partial charge < -0.3 is 15.6 Å². The number of halogens is 2. The third kappa shape index (κ3) is 4.00. The van der Waals surface area contributed by atoms with Crippen LogP contribution in [-0.4, -0.2) is 22.4 Å². The molecule has 0 unspecified atom stereocenters. The number of aromatic amines is 1. The number of hydrogen-bond donors (Lipinski definition) is 3. The van der Waals surface area contributed by atoms with Gasteiger partial charge in [0.15, 0.2) is 0 Å². The summed E-state index contributed by atoms with van der Waals surface area (Å²) in [5.41, 5.74) is 1.06. The van der Waals surface area contributed by atoms with Gasteiger partial charge in [0.1, 0.15) is 11.6 Å². The molecule has 3 N–H and O–H groups in total. The molecular formula is C23H18F2N4O2. The fourth-order valence-electron chi connectivity index (χ4n) is 3.28. The monoisotopic (exact) mass is 420 g/mol. The van der Waals surface area contributed by atoms with Gasteiger partial charge in [-0.3, -0.25) is 9.59 Å². The first-order chi connectivity index (χ1) is 15.0. The minimum atomic E-state index is -0.756. The molecule has 6 nitrogen and oxygen atoms in total. The first kappa shape index (κ1) is 20.2. The summed E-state index contributed by atoms with van der Waals surface area (Å²) in [7, 11) is 0. The Labute approximate surface area is 176 Å². The van der Waals surface area contributed by atoms with Crippen LogP contribution in [0.2, 0.25) is 0 Å². The van der Waals surface area contributed by atoms with Crippen molar-refractivity contribution in [1.82, 2.24) is 15.3 Å². The average molecular weight is 420 g/mol. The number of nitrogens with one attached hydrogen (secondary N) is 3. The Bertz CT molecular complexity index is 1310. The van der Waals surface area contributed by atoms with E-state index in [1.54, 1.807) is 30.3 Å². The Morgan fingerprint density at radius 1 is 1.06 bits per heavy atom. The largest absolute Gasteiger partial charge is 0.355 e. The van der Waals surface area contributed by atoms with Crippen molar-refractivity contribution in [3.05, 3.63) is 88.3 Å². The van der Waals surface area contributed by atoms with E-state index in [-0.39, 0.29) is 28.1 Å². The molecule has 4 rings (SSSR count). The van der Waals surface area contributed by atoms with Crippen LogP contribution < -0.4 is 16.2 Å². The Kier molecular flexibility index (Phi) is 5.44. The fourth-order valence-corrected chi connectivity index (χ4v) is 3.28. The lowest BCUT2D eigenvalue weighted by Gasteiger charge is -2.13. The highest BCUT2D eigenvalue weighted by Crippen LogP contribution is 2.31. The number of hydrogen-bond acceptors (Lipinski definition) is 4. The maximum Gasteiger partial charge on any atom is 0.259 e. The summed E-state index contributed by atoms with van der Waals surface area (Å²) in [5, 5.41) is 6.06. The van der Waals surface area contributed by atoms with Crippen LogP contribution in [0.1, 0.15) is 17.3 Å². The van der Waals surface area contributed by atoms with Crippen molar-refractivity contribution in [2.45, 2.75) is 6.92 Å². The van der Waals surface area contributed by atoms with E-state index in [2.05, 4.69) is 20.6 Å². The molecule has 0 spiro atoms. The number of anilines is 2. The second-order valence-corrected chi connectivity index (χ2v) is 6.78. The van der Waals surface area contributed by atoms with Crippen molar-refractivity contribution in [2.75, 3.05) is 11.9 Å². The summed E-state index contributed by atoms with van der Waals surface area (Å²) >= 11 is 0. The molecule has 31 heavy (non-hydrogen) atoms. The van der Waals surface area contributed by atoms with E-state index in [0.29, 0.717) is 23.5 Å². The molecule has 0 saturated carbocycles. The number of pyridine rings is 2. The van der Waals surface area contributed by atoms with Gasteiger partial charge in [-0.05, 0) is 55.5 Å². The second kappa shape index (κ2) is 8.35. The standard InChI is InChI=1S/C23H18F2N4O2/c1-2-26-22(30)13-6-8-14(9-7-13)28-19-12-18(20-15(24)4-3-5-16(20)25)29-17-10-11-27-23(31)21(17)19/h3-12H,2H2,1H3,(H,26,30)(H,27,31)(H,28,29). The van der Waals surface area contributed by atoms with Gasteiger partial charge in [-0.25, -0.2) is 13.8 Å². The van der Waals surface area contributed by atoms with Gasteiger partial charge in [0.2, 0.25) is 0 Å². The molecular weight excluding hydrogens is 402 g/mol. The fraction of sp³-hybridized carbons (Fsp3) is 0.0870. The lowest BCUT2D eigenvalue weighted by Crippen LogP contribution is -2.22. The molecule has 0 radical (unpaired) electrons. The Balaban J connectivity index is 1.81. The summed E-state index contributed by atoms with van der Waals surface area (Å²) < 4.78 is 28.7. The number of aromatic nitrogens is 2. The highest BCUT2D eigenvalue weighted by Gasteiger charge is 2.17. The maximum atomic E-state index is 14.4. The normalized spacial score (nSPS) is 10.8. The molecule has 8 heteroatoms. The minimum Gasteiger partial charge on any atom is -0.355 e. The smallest absolute Gasteiger partial charge is 0.259 e. The molecule has 0 atom stereocenters. The first-order valence-electron chi connectivity index (χ1n) is 9.60. The predicted molar refractivity (Wildman–Crippen MR) is 115 cm³/mol. The molecule has 1 amide bonds. The summed E-state index contributed by atoms with van der Waals surface area (Å²) in [6.45, 7) is 2.34. The van der Waals surface area contributed by atoms with Crippen molar-refractivity contribution in [1.29, 1.82) is 0 Å². The van der Waals surface area contributed by atoms with E-state index in [0.717, 1.165) is 12.1 Å². The number of H-pyrrole nitrogens is 1. The molecule has 2 aromatic heterocycles. The van der Waals surface area contributed by atoms with Crippen molar-refractivity contribution in [3.8, 4) is 11.3 Å². The van der Waals surface area contributed by atoms with E-state index in [4.69, 9.17) is 0 Å². The van der Waals surface area contributed by atoms with Gasteiger partial charge in [0, 0.05) is 24.0 Å². The molecule has 0 aliphatic carbocycles. The van der Waals surface area contributed by atoms with Gasteiger partial charge in [-0.1, -0.05) is 6.07 Å². The lowest BCUT2D eigenvalue weighted by atomic mass is 10.1. The summed E-state index contributed by atoms with van der Waals surface area (Å²) in [6, 6.07) is 13.2. The van der Waals surface area contributed by atoms with Gasteiger partial charge in [0.05, 0.1) is 27.8 Å². The lowest BCUT2D eigenvalue weighted by molar-refractivity contribution is 0.0956. The van der Waals surface area contributed by atoms with Gasteiger partial charge in [-0.2, -0.15) is 0 Å². The van der Waals surface area contributed by atoms with Gasteiger partial charge in [-0.15, -0.1) is 0 Å². The number of fused-ring (bicyclic) bond motifs is 1. The Morgan fingerprint density at radius 3 is 2.45 bits per heavy atom. The summed E-state index contributed by atoms with van der Waals surface area (Å²) in [4.78, 5) is 31.3. The molecule has 0 saturated heterocycles. The van der Waals surface area contributed by atoms with Crippen LogP contribution in [0.4, 0.5) is 20.2 Å². The van der Waals surface area contributed by atoms with E-state index in [9.17, 15) is 18.4 Å². The van der Waals surface area contributed by atoms with Crippen LogP contribution in [0, 0.1) is 11.6 Å². The quantitative estimate of drug-likeness (QED) is 0.448. The number of rotatable bonds is 5. The highest BCUT2D eigenvalue weighted by molar-refractivity contribution is 5.96. The maximum absolute atomic E-state index is 14.4. The number of carbonyl (C=O) groups excluding carboxylic acids is 1. The van der Waals surface area contributed by atoms with Gasteiger partial charge >= 0.3 is 0 Å². The molecule has 2 aromatic carbocycles.